The summed E-state index contributed by atoms with van der Waals surface area (Å²) in [6, 6.07) is -0.890. The van der Waals surface area contributed by atoms with Gasteiger partial charge in [-0.1, -0.05) is 33.6 Å². The molecule has 0 aromatic rings. The molecule has 4 heteroatoms. The third-order valence-corrected chi connectivity index (χ3v) is 2.72. The first-order valence-corrected chi connectivity index (χ1v) is 6.44. The van der Waals surface area contributed by atoms with Crippen LogP contribution in [0.1, 0.15) is 53.4 Å². The third kappa shape index (κ3) is 7.10. The zero-order valence-electron chi connectivity index (χ0n) is 11.5. The van der Waals surface area contributed by atoms with Crippen LogP contribution < -0.4 is 11.1 Å². The maximum atomic E-state index is 11.8. The molecule has 0 aliphatic rings. The first-order valence-electron chi connectivity index (χ1n) is 6.44. The molecule has 0 fully saturated rings. The Balaban J connectivity index is 4.25. The molecule has 0 aromatic heterocycles. The topological polar surface area (TPSA) is 72.2 Å². The second-order valence-corrected chi connectivity index (χ2v) is 5.05. The Labute approximate surface area is 104 Å². The molecule has 3 N–H and O–H groups in total. The van der Waals surface area contributed by atoms with Crippen LogP contribution >= 0.6 is 0 Å². The largest absolute Gasteiger partial charge is 0.345 e. The molecule has 0 unspecified atom stereocenters. The highest BCUT2D eigenvalue weighted by Gasteiger charge is 2.21. The number of unbranched alkanes of at least 4 members (excludes halogenated alkanes) is 1. The third-order valence-electron chi connectivity index (χ3n) is 2.72. The van der Waals surface area contributed by atoms with E-state index in [4.69, 9.17) is 5.73 Å². The van der Waals surface area contributed by atoms with E-state index in [-0.39, 0.29) is 11.7 Å². The molecule has 0 aromatic carbocycles. The Morgan fingerprint density at radius 3 is 2.29 bits per heavy atom. The van der Waals surface area contributed by atoms with Gasteiger partial charge in [-0.15, -0.1) is 0 Å². The van der Waals surface area contributed by atoms with Crippen LogP contribution in [0.5, 0.6) is 0 Å². The molecule has 0 aliphatic carbocycles. The van der Waals surface area contributed by atoms with Crippen molar-refractivity contribution in [2.45, 2.75) is 65.5 Å². The van der Waals surface area contributed by atoms with Crippen molar-refractivity contribution >= 4 is 11.7 Å². The minimum Gasteiger partial charge on any atom is -0.345 e. The smallest absolute Gasteiger partial charge is 0.237 e. The van der Waals surface area contributed by atoms with Gasteiger partial charge in [-0.2, -0.15) is 0 Å². The Kier molecular flexibility index (Phi) is 7.79. The van der Waals surface area contributed by atoms with Crippen LogP contribution in [0.25, 0.3) is 0 Å². The maximum absolute atomic E-state index is 11.8. The van der Waals surface area contributed by atoms with Crippen LogP contribution in [0.4, 0.5) is 0 Å². The first-order chi connectivity index (χ1) is 7.88. The lowest BCUT2D eigenvalue weighted by Crippen LogP contribution is -2.48. The monoisotopic (exact) mass is 242 g/mol. The van der Waals surface area contributed by atoms with E-state index in [0.717, 1.165) is 12.8 Å². The predicted molar refractivity (Wildman–Crippen MR) is 69.6 cm³/mol. The van der Waals surface area contributed by atoms with Gasteiger partial charge in [-0.05, 0) is 25.7 Å². The second-order valence-electron chi connectivity index (χ2n) is 5.05. The van der Waals surface area contributed by atoms with E-state index in [2.05, 4.69) is 12.2 Å². The highest BCUT2D eigenvalue weighted by molar-refractivity contribution is 5.89. The lowest BCUT2D eigenvalue weighted by atomic mass is 10.00. The molecule has 1 amide bonds. The van der Waals surface area contributed by atoms with Crippen molar-refractivity contribution in [1.82, 2.24) is 5.32 Å². The van der Waals surface area contributed by atoms with Crippen molar-refractivity contribution < 1.29 is 9.59 Å². The van der Waals surface area contributed by atoms with E-state index in [1.54, 1.807) is 0 Å². The number of rotatable bonds is 8. The fourth-order valence-corrected chi connectivity index (χ4v) is 1.63. The molecular weight excluding hydrogens is 216 g/mol. The van der Waals surface area contributed by atoms with E-state index in [0.29, 0.717) is 18.8 Å². The molecule has 100 valence electrons. The van der Waals surface area contributed by atoms with Crippen LogP contribution in [0.15, 0.2) is 0 Å². The Morgan fingerprint density at radius 2 is 1.88 bits per heavy atom. The van der Waals surface area contributed by atoms with Crippen molar-refractivity contribution in [1.29, 1.82) is 0 Å². The van der Waals surface area contributed by atoms with E-state index in [1.807, 2.05) is 13.8 Å². The fourth-order valence-electron chi connectivity index (χ4n) is 1.63. The number of Topliss-reactive ketones (excluding diaryl/α,β-unsaturated/α-hetero) is 1. The summed E-state index contributed by atoms with van der Waals surface area (Å²) in [4.78, 5) is 23.2. The molecule has 0 heterocycles. The molecule has 0 radical (unpaired) electrons. The summed E-state index contributed by atoms with van der Waals surface area (Å²) < 4.78 is 0. The highest BCUT2D eigenvalue weighted by Crippen LogP contribution is 2.06. The quantitative estimate of drug-likeness (QED) is 0.679. The molecule has 0 aliphatic heterocycles. The van der Waals surface area contributed by atoms with Crippen LogP contribution in [-0.2, 0) is 9.59 Å². The van der Waals surface area contributed by atoms with Gasteiger partial charge < -0.3 is 11.1 Å². The Hall–Kier alpha value is -0.900. The van der Waals surface area contributed by atoms with Gasteiger partial charge in [0.15, 0.2) is 5.78 Å². The van der Waals surface area contributed by atoms with Gasteiger partial charge in [0.1, 0.15) is 0 Å². The average Bonchev–Trinajstić information content (AvgIpc) is 2.23. The molecule has 17 heavy (non-hydrogen) atoms. The average molecular weight is 242 g/mol. The molecule has 4 nitrogen and oxygen atoms in total. The van der Waals surface area contributed by atoms with E-state index in [9.17, 15) is 9.59 Å². The molecule has 0 spiro atoms. The minimum absolute atomic E-state index is 0.00487. The highest BCUT2D eigenvalue weighted by atomic mass is 16.2. The van der Waals surface area contributed by atoms with Crippen molar-refractivity contribution in [3.8, 4) is 0 Å². The van der Waals surface area contributed by atoms with Crippen LogP contribution in [0.2, 0.25) is 0 Å². The van der Waals surface area contributed by atoms with Crippen molar-refractivity contribution in [2.75, 3.05) is 0 Å². The summed E-state index contributed by atoms with van der Waals surface area (Å²) in [5, 5.41) is 2.74. The number of carbonyl (C=O) groups is 2. The number of amides is 1. The second kappa shape index (κ2) is 8.23. The Morgan fingerprint density at radius 1 is 1.29 bits per heavy atom. The van der Waals surface area contributed by atoms with Gasteiger partial charge in [0, 0.05) is 0 Å². The van der Waals surface area contributed by atoms with Gasteiger partial charge in [0.25, 0.3) is 0 Å². The van der Waals surface area contributed by atoms with Gasteiger partial charge >= 0.3 is 0 Å². The van der Waals surface area contributed by atoms with Crippen molar-refractivity contribution in [2.24, 2.45) is 11.7 Å². The molecule has 0 saturated heterocycles. The number of carbonyl (C=O) groups excluding carboxylic acids is 2. The fraction of sp³-hybridized carbons (Fsp3) is 0.846. The van der Waals surface area contributed by atoms with Crippen molar-refractivity contribution in [3.63, 3.8) is 0 Å². The normalized spacial score (nSPS) is 14.5. The molecule has 0 saturated carbocycles. The molecule has 2 atom stereocenters. The summed E-state index contributed by atoms with van der Waals surface area (Å²) in [5.41, 5.74) is 5.76. The molecule has 0 rings (SSSR count). The van der Waals surface area contributed by atoms with Crippen LogP contribution in [0, 0.1) is 5.92 Å². The minimum atomic E-state index is -0.496. The zero-order valence-corrected chi connectivity index (χ0v) is 11.5. The summed E-state index contributed by atoms with van der Waals surface area (Å²) in [6.07, 6.45) is 3.29. The van der Waals surface area contributed by atoms with E-state index in [1.165, 1.54) is 6.92 Å². The van der Waals surface area contributed by atoms with Gasteiger partial charge in [0.05, 0.1) is 12.1 Å². The summed E-state index contributed by atoms with van der Waals surface area (Å²) in [6.45, 7) is 7.62. The van der Waals surface area contributed by atoms with Crippen molar-refractivity contribution in [3.05, 3.63) is 0 Å². The lowest BCUT2D eigenvalue weighted by Gasteiger charge is -2.20. The zero-order chi connectivity index (χ0) is 13.4. The SMILES string of the molecule is CCCC[C@H](N)C(=O)N[C@@H](CC(C)C)C(C)=O. The Bertz CT molecular complexity index is 252. The number of hydrogen-bond acceptors (Lipinski definition) is 3. The predicted octanol–water partition coefficient (Wildman–Crippen LogP) is 1.62. The lowest BCUT2D eigenvalue weighted by molar-refractivity contribution is -0.128. The van der Waals surface area contributed by atoms with Crippen LogP contribution in [-0.4, -0.2) is 23.8 Å². The summed E-state index contributed by atoms with van der Waals surface area (Å²) >= 11 is 0. The van der Waals surface area contributed by atoms with Gasteiger partial charge in [-0.25, -0.2) is 0 Å². The summed E-state index contributed by atoms with van der Waals surface area (Å²) in [7, 11) is 0. The van der Waals surface area contributed by atoms with E-state index < -0.39 is 12.1 Å². The van der Waals surface area contributed by atoms with E-state index >= 15 is 0 Å². The maximum Gasteiger partial charge on any atom is 0.237 e. The number of nitrogens with one attached hydrogen (secondary N) is 1. The summed E-state index contributed by atoms with van der Waals surface area (Å²) in [5.74, 6) is 0.158. The number of nitrogens with two attached hydrogens (primary N) is 1. The number of hydrogen-bond donors (Lipinski definition) is 2. The molecule has 0 bridgehead atoms. The first kappa shape index (κ1) is 16.1. The standard InChI is InChI=1S/C13H26N2O2/c1-5-6-7-11(14)13(17)15-12(10(4)16)8-9(2)3/h9,11-12H,5-8,14H2,1-4H3,(H,15,17)/t11-,12-/m0/s1. The molecular formula is C13H26N2O2. The van der Waals surface area contributed by atoms with Crippen LogP contribution in [0.3, 0.4) is 0 Å². The van der Waals surface area contributed by atoms with Gasteiger partial charge in [0.2, 0.25) is 5.91 Å². The number of ketones is 1. The van der Waals surface area contributed by atoms with Gasteiger partial charge in [-0.3, -0.25) is 9.59 Å².